The minimum Gasteiger partial charge on any atom is -0.396 e. The van der Waals surface area contributed by atoms with Crippen molar-refractivity contribution < 1.29 is 5.11 Å². The van der Waals surface area contributed by atoms with Gasteiger partial charge in [0, 0.05) is 6.61 Å². The highest BCUT2D eigenvalue weighted by Gasteiger charge is 2.14. The fourth-order valence-corrected chi connectivity index (χ4v) is 2.37. The van der Waals surface area contributed by atoms with E-state index < -0.39 is 0 Å². The van der Waals surface area contributed by atoms with Crippen LogP contribution in [-0.4, -0.2) is 18.3 Å². The zero-order valence-electron chi connectivity index (χ0n) is 9.88. The molecule has 0 spiro atoms. The lowest BCUT2D eigenvalue weighted by molar-refractivity contribution is 0.276. The zero-order valence-corrected chi connectivity index (χ0v) is 9.88. The van der Waals surface area contributed by atoms with Gasteiger partial charge in [-0.05, 0) is 56.3 Å². The van der Waals surface area contributed by atoms with Gasteiger partial charge in [-0.3, -0.25) is 0 Å². The van der Waals surface area contributed by atoms with Crippen molar-refractivity contribution in [1.29, 1.82) is 0 Å². The summed E-state index contributed by atoms with van der Waals surface area (Å²) in [6, 6.07) is 4.37. The molecular weight excluding hydrogens is 186 g/mol. The molecule has 0 aliphatic rings. The van der Waals surface area contributed by atoms with Crippen LogP contribution in [0.1, 0.15) is 34.6 Å². The van der Waals surface area contributed by atoms with Crippen LogP contribution >= 0.6 is 0 Å². The van der Waals surface area contributed by atoms with Crippen LogP contribution in [0.15, 0.2) is 12.1 Å². The normalized spacial score (nSPS) is 12.9. The fraction of sp³-hybridized carbons (Fsp3) is 0.538. The monoisotopic (exact) mass is 207 g/mol. The quantitative estimate of drug-likeness (QED) is 0.793. The maximum absolute atomic E-state index is 9.01. The van der Waals surface area contributed by atoms with Crippen LogP contribution in [-0.2, 0) is 0 Å². The van der Waals surface area contributed by atoms with Crippen LogP contribution < -0.4 is 5.73 Å². The van der Waals surface area contributed by atoms with Gasteiger partial charge in [0.2, 0.25) is 0 Å². The third kappa shape index (κ3) is 2.80. The Morgan fingerprint density at radius 2 is 1.73 bits per heavy atom. The van der Waals surface area contributed by atoms with Gasteiger partial charge in [-0.25, -0.2) is 0 Å². The molecule has 1 atom stereocenters. The topological polar surface area (TPSA) is 46.2 Å². The van der Waals surface area contributed by atoms with Gasteiger partial charge in [-0.2, -0.15) is 0 Å². The Kier molecular flexibility index (Phi) is 4.30. The number of aryl methyl sites for hydroxylation is 3. The molecule has 0 fully saturated rings. The maximum Gasteiger partial charge on any atom is 0.0437 e. The smallest absolute Gasteiger partial charge is 0.0437 e. The van der Waals surface area contributed by atoms with Crippen LogP contribution in [0.25, 0.3) is 0 Å². The van der Waals surface area contributed by atoms with Crippen LogP contribution in [0.2, 0.25) is 0 Å². The summed E-state index contributed by atoms with van der Waals surface area (Å²) in [4.78, 5) is 0. The summed E-state index contributed by atoms with van der Waals surface area (Å²) in [5.74, 6) is 0.288. The first-order valence-corrected chi connectivity index (χ1v) is 5.48. The average molecular weight is 207 g/mol. The molecule has 3 N–H and O–H groups in total. The van der Waals surface area contributed by atoms with Gasteiger partial charge in [0.15, 0.2) is 0 Å². The summed E-state index contributed by atoms with van der Waals surface area (Å²) in [5.41, 5.74) is 10.9. The fourth-order valence-electron chi connectivity index (χ4n) is 2.37. The predicted molar refractivity (Wildman–Crippen MR) is 64.2 cm³/mol. The molecule has 0 aromatic heterocycles. The molecule has 0 aliphatic heterocycles. The van der Waals surface area contributed by atoms with Gasteiger partial charge < -0.3 is 10.8 Å². The molecule has 1 rings (SSSR count). The van der Waals surface area contributed by atoms with Gasteiger partial charge in [-0.1, -0.05) is 17.7 Å². The Bertz CT molecular complexity index is 310. The molecule has 84 valence electrons. The number of hydrogen-bond acceptors (Lipinski definition) is 2. The highest BCUT2D eigenvalue weighted by molar-refractivity contribution is 5.40. The van der Waals surface area contributed by atoms with Crippen LogP contribution in [0.4, 0.5) is 0 Å². The van der Waals surface area contributed by atoms with Gasteiger partial charge >= 0.3 is 0 Å². The largest absolute Gasteiger partial charge is 0.396 e. The number of aliphatic hydroxyl groups excluding tert-OH is 1. The van der Waals surface area contributed by atoms with Gasteiger partial charge in [0.1, 0.15) is 0 Å². The second-order valence-electron chi connectivity index (χ2n) is 4.26. The van der Waals surface area contributed by atoms with E-state index in [1.165, 1.54) is 22.3 Å². The number of nitrogens with two attached hydrogens (primary N) is 1. The van der Waals surface area contributed by atoms with E-state index in [4.69, 9.17) is 10.8 Å². The third-order valence-electron chi connectivity index (χ3n) is 2.91. The molecule has 0 aliphatic carbocycles. The number of aliphatic hydroxyl groups is 1. The minimum atomic E-state index is 0.203. The zero-order chi connectivity index (χ0) is 11.4. The lowest BCUT2D eigenvalue weighted by atomic mass is 9.87. The van der Waals surface area contributed by atoms with E-state index in [0.29, 0.717) is 6.54 Å². The molecule has 1 aromatic carbocycles. The van der Waals surface area contributed by atoms with E-state index in [-0.39, 0.29) is 12.5 Å². The van der Waals surface area contributed by atoms with Crippen molar-refractivity contribution in [2.75, 3.05) is 13.2 Å². The van der Waals surface area contributed by atoms with Crippen molar-refractivity contribution >= 4 is 0 Å². The van der Waals surface area contributed by atoms with Crippen molar-refractivity contribution in [1.82, 2.24) is 0 Å². The summed E-state index contributed by atoms with van der Waals surface area (Å²) in [6.07, 6.45) is 0.751. The SMILES string of the molecule is Cc1cc(C)c(C(CN)CCO)c(C)c1. The van der Waals surface area contributed by atoms with E-state index in [0.717, 1.165) is 6.42 Å². The van der Waals surface area contributed by atoms with Crippen molar-refractivity contribution in [2.45, 2.75) is 33.1 Å². The van der Waals surface area contributed by atoms with Crippen molar-refractivity contribution in [3.05, 3.63) is 34.4 Å². The molecule has 0 saturated carbocycles. The highest BCUT2D eigenvalue weighted by Crippen LogP contribution is 2.26. The number of benzene rings is 1. The Balaban J connectivity index is 3.11. The molecule has 1 unspecified atom stereocenters. The Morgan fingerprint density at radius 3 is 2.13 bits per heavy atom. The molecule has 0 amide bonds. The Labute approximate surface area is 92.1 Å². The summed E-state index contributed by atoms with van der Waals surface area (Å²) in [6.45, 7) is 7.15. The van der Waals surface area contributed by atoms with E-state index in [2.05, 4.69) is 32.9 Å². The molecule has 2 nitrogen and oxygen atoms in total. The molecule has 0 bridgehead atoms. The maximum atomic E-state index is 9.01. The lowest BCUT2D eigenvalue weighted by Crippen LogP contribution is -2.16. The van der Waals surface area contributed by atoms with E-state index in [1.54, 1.807) is 0 Å². The minimum absolute atomic E-state index is 0.203. The van der Waals surface area contributed by atoms with Gasteiger partial charge in [0.25, 0.3) is 0 Å². The summed E-state index contributed by atoms with van der Waals surface area (Å²) in [5, 5.41) is 9.01. The molecule has 0 radical (unpaired) electrons. The Hall–Kier alpha value is -0.860. The first-order chi connectivity index (χ1) is 7.10. The Morgan fingerprint density at radius 1 is 1.20 bits per heavy atom. The highest BCUT2D eigenvalue weighted by atomic mass is 16.3. The number of rotatable bonds is 4. The van der Waals surface area contributed by atoms with Crippen molar-refractivity contribution in [3.63, 3.8) is 0 Å². The predicted octanol–water partition coefficient (Wildman–Crippen LogP) is 2.04. The van der Waals surface area contributed by atoms with E-state index in [9.17, 15) is 0 Å². The second kappa shape index (κ2) is 5.29. The van der Waals surface area contributed by atoms with Crippen LogP contribution in [0.3, 0.4) is 0 Å². The molecule has 1 aromatic rings. The summed E-state index contributed by atoms with van der Waals surface area (Å²) >= 11 is 0. The third-order valence-corrected chi connectivity index (χ3v) is 2.91. The average Bonchev–Trinajstić information content (AvgIpc) is 2.14. The standard InChI is InChI=1S/C13H21NO/c1-9-6-10(2)13(11(3)7-9)12(8-14)4-5-15/h6-7,12,15H,4-5,8,14H2,1-3H3. The molecule has 2 heteroatoms. The first kappa shape index (κ1) is 12.2. The van der Waals surface area contributed by atoms with Gasteiger partial charge in [0.05, 0.1) is 0 Å². The van der Waals surface area contributed by atoms with E-state index in [1.807, 2.05) is 0 Å². The summed E-state index contributed by atoms with van der Waals surface area (Å²) in [7, 11) is 0. The second-order valence-corrected chi connectivity index (χ2v) is 4.26. The molecule has 0 saturated heterocycles. The molecule has 0 heterocycles. The van der Waals surface area contributed by atoms with Crippen molar-refractivity contribution in [2.24, 2.45) is 5.73 Å². The van der Waals surface area contributed by atoms with Crippen LogP contribution in [0, 0.1) is 20.8 Å². The lowest BCUT2D eigenvalue weighted by Gasteiger charge is -2.20. The van der Waals surface area contributed by atoms with E-state index >= 15 is 0 Å². The molecular formula is C13H21NO. The first-order valence-electron chi connectivity index (χ1n) is 5.48. The van der Waals surface area contributed by atoms with Crippen molar-refractivity contribution in [3.8, 4) is 0 Å². The van der Waals surface area contributed by atoms with Crippen LogP contribution in [0.5, 0.6) is 0 Å². The summed E-state index contributed by atoms with van der Waals surface area (Å²) < 4.78 is 0. The molecule has 15 heavy (non-hydrogen) atoms. The number of hydrogen-bond donors (Lipinski definition) is 2. The van der Waals surface area contributed by atoms with Gasteiger partial charge in [-0.15, -0.1) is 0 Å².